The number of alkyl halides is 1. The van der Waals surface area contributed by atoms with Gasteiger partial charge in [-0.25, -0.2) is 0 Å². The molecule has 2 aromatic rings. The molecule has 0 radical (unpaired) electrons. The second-order valence-electron chi connectivity index (χ2n) is 3.89. The molecular formula is C13H15BrN2O2. The van der Waals surface area contributed by atoms with Crippen LogP contribution < -0.4 is 9.47 Å². The molecular weight excluding hydrogens is 296 g/mol. The molecule has 0 fully saturated rings. The predicted molar refractivity (Wildman–Crippen MR) is 73.2 cm³/mol. The minimum absolute atomic E-state index is 0.480. The number of rotatable bonds is 5. The summed E-state index contributed by atoms with van der Waals surface area (Å²) >= 11 is 3.45. The third-order valence-electron chi connectivity index (χ3n) is 2.57. The van der Waals surface area contributed by atoms with E-state index >= 15 is 0 Å². The lowest BCUT2D eigenvalue weighted by molar-refractivity contribution is 0.282. The first-order valence-corrected chi connectivity index (χ1v) is 6.69. The van der Waals surface area contributed by atoms with E-state index in [1.54, 1.807) is 18.0 Å². The van der Waals surface area contributed by atoms with Crippen LogP contribution in [0.25, 0.3) is 0 Å². The van der Waals surface area contributed by atoms with Gasteiger partial charge in [0, 0.05) is 29.7 Å². The summed E-state index contributed by atoms with van der Waals surface area (Å²) in [7, 11) is 3.53. The number of hydrogen-bond donors (Lipinski definition) is 0. The van der Waals surface area contributed by atoms with Crippen LogP contribution in [0.2, 0.25) is 0 Å². The number of halogens is 1. The summed E-state index contributed by atoms with van der Waals surface area (Å²) in [6.07, 6.45) is 3.73. The summed E-state index contributed by atoms with van der Waals surface area (Å²) < 4.78 is 12.9. The monoisotopic (exact) mass is 310 g/mol. The topological polar surface area (TPSA) is 36.3 Å². The standard InChI is InChI=1S/C13H15BrN2O2/c1-16-8-10(7-15-16)9-18-13-11(6-14)4-3-5-12(13)17-2/h3-5,7-8H,6,9H2,1-2H3. The van der Waals surface area contributed by atoms with Gasteiger partial charge < -0.3 is 9.47 Å². The van der Waals surface area contributed by atoms with Gasteiger partial charge in [0.15, 0.2) is 11.5 Å². The molecule has 4 nitrogen and oxygen atoms in total. The summed E-state index contributed by atoms with van der Waals surface area (Å²) in [5, 5.41) is 4.84. The quantitative estimate of drug-likeness (QED) is 0.797. The van der Waals surface area contributed by atoms with Gasteiger partial charge in [-0.1, -0.05) is 28.1 Å². The summed E-state index contributed by atoms with van der Waals surface area (Å²) in [4.78, 5) is 0. The van der Waals surface area contributed by atoms with Gasteiger partial charge in [-0.05, 0) is 6.07 Å². The van der Waals surface area contributed by atoms with Gasteiger partial charge in [0.25, 0.3) is 0 Å². The van der Waals surface area contributed by atoms with Gasteiger partial charge in [-0.2, -0.15) is 5.10 Å². The van der Waals surface area contributed by atoms with Crippen LogP contribution >= 0.6 is 15.9 Å². The predicted octanol–water partition coefficient (Wildman–Crippen LogP) is 2.90. The van der Waals surface area contributed by atoms with Gasteiger partial charge in [-0.15, -0.1) is 0 Å². The van der Waals surface area contributed by atoms with E-state index in [0.29, 0.717) is 6.61 Å². The average Bonchev–Trinajstić information content (AvgIpc) is 2.81. The lowest BCUT2D eigenvalue weighted by Gasteiger charge is -2.13. The molecule has 0 aliphatic carbocycles. The van der Waals surface area contributed by atoms with Crippen LogP contribution in [0.1, 0.15) is 11.1 Å². The van der Waals surface area contributed by atoms with Gasteiger partial charge in [-0.3, -0.25) is 4.68 Å². The van der Waals surface area contributed by atoms with Gasteiger partial charge >= 0.3 is 0 Å². The molecule has 18 heavy (non-hydrogen) atoms. The van der Waals surface area contributed by atoms with Crippen molar-refractivity contribution in [2.75, 3.05) is 7.11 Å². The third-order valence-corrected chi connectivity index (χ3v) is 3.17. The average molecular weight is 311 g/mol. The van der Waals surface area contributed by atoms with E-state index in [-0.39, 0.29) is 0 Å². The first-order valence-electron chi connectivity index (χ1n) is 5.56. The van der Waals surface area contributed by atoms with Gasteiger partial charge in [0.1, 0.15) is 6.61 Å². The highest BCUT2D eigenvalue weighted by atomic mass is 79.9. The van der Waals surface area contributed by atoms with Crippen molar-refractivity contribution in [3.8, 4) is 11.5 Å². The van der Waals surface area contributed by atoms with Crippen LogP contribution in [-0.4, -0.2) is 16.9 Å². The van der Waals surface area contributed by atoms with Crippen LogP contribution in [-0.2, 0) is 19.0 Å². The highest BCUT2D eigenvalue weighted by molar-refractivity contribution is 9.08. The molecule has 0 amide bonds. The van der Waals surface area contributed by atoms with E-state index in [1.165, 1.54) is 0 Å². The van der Waals surface area contributed by atoms with E-state index in [4.69, 9.17) is 9.47 Å². The molecule has 1 aromatic heterocycles. The molecule has 0 aliphatic rings. The smallest absolute Gasteiger partial charge is 0.165 e. The minimum Gasteiger partial charge on any atom is -0.493 e. The van der Waals surface area contributed by atoms with Crippen LogP contribution in [0.15, 0.2) is 30.6 Å². The maximum absolute atomic E-state index is 5.84. The van der Waals surface area contributed by atoms with Crippen molar-refractivity contribution in [1.82, 2.24) is 9.78 Å². The molecule has 0 aliphatic heterocycles. The van der Waals surface area contributed by atoms with E-state index in [9.17, 15) is 0 Å². The fourth-order valence-corrected chi connectivity index (χ4v) is 2.13. The fraction of sp³-hybridized carbons (Fsp3) is 0.308. The normalized spacial score (nSPS) is 10.4. The number of nitrogens with zero attached hydrogens (tertiary/aromatic N) is 2. The van der Waals surface area contributed by atoms with Gasteiger partial charge in [0.2, 0.25) is 0 Å². The maximum Gasteiger partial charge on any atom is 0.165 e. The molecule has 0 unspecified atom stereocenters. The number of benzene rings is 1. The Morgan fingerprint density at radius 3 is 2.83 bits per heavy atom. The SMILES string of the molecule is COc1cccc(CBr)c1OCc1cnn(C)c1. The van der Waals surface area contributed by atoms with Gasteiger partial charge in [0.05, 0.1) is 13.3 Å². The number of methoxy groups -OCH3 is 1. The Balaban J connectivity index is 2.17. The van der Waals surface area contributed by atoms with Crippen molar-refractivity contribution >= 4 is 15.9 Å². The van der Waals surface area contributed by atoms with Crippen LogP contribution in [0.5, 0.6) is 11.5 Å². The molecule has 0 N–H and O–H groups in total. The summed E-state index contributed by atoms with van der Waals surface area (Å²) in [6.45, 7) is 0.480. The fourth-order valence-electron chi connectivity index (χ4n) is 1.69. The molecule has 0 saturated carbocycles. The Kier molecular flexibility index (Phi) is 4.25. The van der Waals surface area contributed by atoms with E-state index in [1.807, 2.05) is 31.4 Å². The van der Waals surface area contributed by atoms with E-state index in [0.717, 1.165) is 28.0 Å². The van der Waals surface area contributed by atoms with Crippen molar-refractivity contribution in [1.29, 1.82) is 0 Å². The number of aryl methyl sites for hydroxylation is 1. The highest BCUT2D eigenvalue weighted by Gasteiger charge is 2.10. The maximum atomic E-state index is 5.84. The zero-order valence-corrected chi connectivity index (χ0v) is 12.0. The molecule has 0 saturated heterocycles. The van der Waals surface area contributed by atoms with Crippen molar-refractivity contribution in [2.45, 2.75) is 11.9 Å². The number of hydrogen-bond acceptors (Lipinski definition) is 3. The second kappa shape index (κ2) is 5.91. The molecule has 2 rings (SSSR count). The summed E-state index contributed by atoms with van der Waals surface area (Å²) in [5.74, 6) is 1.52. The Morgan fingerprint density at radius 2 is 2.22 bits per heavy atom. The highest BCUT2D eigenvalue weighted by Crippen LogP contribution is 2.32. The summed E-state index contributed by atoms with van der Waals surface area (Å²) in [6, 6.07) is 5.85. The molecule has 1 aromatic carbocycles. The zero-order chi connectivity index (χ0) is 13.0. The number of aromatic nitrogens is 2. The Hall–Kier alpha value is -1.49. The Labute approximate surface area is 115 Å². The van der Waals surface area contributed by atoms with Crippen molar-refractivity contribution in [3.63, 3.8) is 0 Å². The summed E-state index contributed by atoms with van der Waals surface area (Å²) in [5.41, 5.74) is 2.10. The second-order valence-corrected chi connectivity index (χ2v) is 4.45. The largest absolute Gasteiger partial charge is 0.493 e. The molecule has 96 valence electrons. The molecule has 1 heterocycles. The number of ether oxygens (including phenoxy) is 2. The molecule has 5 heteroatoms. The molecule has 0 spiro atoms. The van der Waals surface area contributed by atoms with Crippen LogP contribution in [0.4, 0.5) is 0 Å². The minimum atomic E-state index is 0.480. The van der Waals surface area contributed by atoms with Crippen LogP contribution in [0.3, 0.4) is 0 Å². The van der Waals surface area contributed by atoms with Crippen molar-refractivity contribution in [3.05, 3.63) is 41.7 Å². The first kappa shape index (κ1) is 13.0. The molecule has 0 atom stereocenters. The lowest BCUT2D eigenvalue weighted by Crippen LogP contribution is -1.99. The van der Waals surface area contributed by atoms with Crippen molar-refractivity contribution in [2.24, 2.45) is 7.05 Å². The zero-order valence-electron chi connectivity index (χ0n) is 10.4. The number of para-hydroxylation sites is 1. The van der Waals surface area contributed by atoms with Crippen molar-refractivity contribution < 1.29 is 9.47 Å². The lowest BCUT2D eigenvalue weighted by atomic mass is 10.2. The van der Waals surface area contributed by atoms with E-state index in [2.05, 4.69) is 21.0 Å². The van der Waals surface area contributed by atoms with E-state index < -0.39 is 0 Å². The third kappa shape index (κ3) is 2.85. The first-order chi connectivity index (χ1) is 8.74. The Bertz CT molecular complexity index is 503. The van der Waals surface area contributed by atoms with Crippen LogP contribution in [0, 0.1) is 0 Å². The Morgan fingerprint density at radius 1 is 1.39 bits per heavy atom. The molecule has 0 bridgehead atoms.